The number of hydrogen-bond acceptors (Lipinski definition) is 3. The summed E-state index contributed by atoms with van der Waals surface area (Å²) in [6.07, 6.45) is 19.9. The highest BCUT2D eigenvalue weighted by atomic mass is 16.2. The quantitative estimate of drug-likeness (QED) is 0.0318. The van der Waals surface area contributed by atoms with Gasteiger partial charge < -0.3 is 10.6 Å². The van der Waals surface area contributed by atoms with Crippen molar-refractivity contribution in [2.24, 2.45) is 46.0 Å². The van der Waals surface area contributed by atoms with Gasteiger partial charge in [-0.3, -0.25) is 9.59 Å². The fourth-order valence-corrected chi connectivity index (χ4v) is 6.74. The van der Waals surface area contributed by atoms with Crippen molar-refractivity contribution in [1.29, 1.82) is 0 Å². The van der Waals surface area contributed by atoms with Gasteiger partial charge in [0.05, 0.1) is 13.1 Å². The molecule has 0 bridgehead atoms. The molecule has 0 radical (unpaired) electrons. The van der Waals surface area contributed by atoms with Crippen LogP contribution in [0.25, 0.3) is 10.4 Å². The molecule has 0 aliphatic heterocycles. The number of nitrogens with zero attached hydrogens (tertiary/aromatic N) is 3. The van der Waals surface area contributed by atoms with E-state index in [0.717, 1.165) is 36.8 Å². The summed E-state index contributed by atoms with van der Waals surface area (Å²) in [5, 5.41) is 9.74. The molecule has 0 saturated heterocycles. The van der Waals surface area contributed by atoms with E-state index >= 15 is 0 Å². The Morgan fingerprint density at radius 1 is 0.694 bits per heavy atom. The third-order valence-corrected chi connectivity index (χ3v) is 10.1. The van der Waals surface area contributed by atoms with E-state index in [1.165, 1.54) is 51.4 Å². The number of rotatable bonds is 27. The molecule has 7 nitrogen and oxygen atoms in total. The lowest BCUT2D eigenvalue weighted by atomic mass is 9.74. The SMILES string of the molecule is C#CCNC(=O)C(CCCC(CCC(C)C)CCC(C)C)(CCCC(CCC(C)C)CCC(C)C)C(=O)NCc1ccc(CN=[N+]=[N-])cc1. The van der Waals surface area contributed by atoms with Gasteiger partial charge in [0, 0.05) is 11.5 Å². The number of azide groups is 1. The lowest BCUT2D eigenvalue weighted by molar-refractivity contribution is -0.145. The number of carbonyl (C=O) groups is 2. The molecule has 7 heteroatoms. The third kappa shape index (κ3) is 19.1. The maximum atomic E-state index is 14.4. The largest absolute Gasteiger partial charge is 0.351 e. The van der Waals surface area contributed by atoms with Gasteiger partial charge in [0.1, 0.15) is 5.41 Å². The van der Waals surface area contributed by atoms with Crippen molar-refractivity contribution >= 4 is 11.8 Å². The van der Waals surface area contributed by atoms with E-state index < -0.39 is 5.41 Å². The molecule has 0 fully saturated rings. The van der Waals surface area contributed by atoms with E-state index in [2.05, 4.69) is 82.0 Å². The van der Waals surface area contributed by atoms with Gasteiger partial charge in [-0.25, -0.2) is 0 Å². The smallest absolute Gasteiger partial charge is 0.236 e. The van der Waals surface area contributed by atoms with Crippen LogP contribution in [0.2, 0.25) is 0 Å². The fourth-order valence-electron chi connectivity index (χ4n) is 6.74. The van der Waals surface area contributed by atoms with Crippen molar-refractivity contribution in [3.8, 4) is 12.3 Å². The van der Waals surface area contributed by atoms with Gasteiger partial charge in [0.15, 0.2) is 0 Å². The van der Waals surface area contributed by atoms with Gasteiger partial charge in [0.25, 0.3) is 0 Å². The minimum Gasteiger partial charge on any atom is -0.351 e. The van der Waals surface area contributed by atoms with Crippen LogP contribution in [-0.4, -0.2) is 18.4 Å². The second-order valence-electron chi connectivity index (χ2n) is 16.3. The highest BCUT2D eigenvalue weighted by Gasteiger charge is 2.44. The molecule has 0 unspecified atom stereocenters. The Bertz CT molecular complexity index is 1090. The molecule has 0 aliphatic rings. The van der Waals surface area contributed by atoms with Crippen LogP contribution in [-0.2, 0) is 22.7 Å². The van der Waals surface area contributed by atoms with Crippen LogP contribution in [0.4, 0.5) is 0 Å². The summed E-state index contributed by atoms with van der Waals surface area (Å²) in [6, 6.07) is 7.69. The zero-order valence-corrected chi connectivity index (χ0v) is 32.5. The molecule has 2 amide bonds. The molecule has 0 atom stereocenters. The predicted octanol–water partition coefficient (Wildman–Crippen LogP) is 11.2. The average Bonchev–Trinajstić information content (AvgIpc) is 3.06. The van der Waals surface area contributed by atoms with Crippen LogP contribution >= 0.6 is 0 Å². The molecule has 1 aromatic carbocycles. The van der Waals surface area contributed by atoms with Gasteiger partial charge in [-0.1, -0.05) is 168 Å². The first kappa shape index (κ1) is 44.1. The second kappa shape index (κ2) is 25.1. The first-order chi connectivity index (χ1) is 23.3. The highest BCUT2D eigenvalue weighted by molar-refractivity contribution is 6.05. The first-order valence-corrected chi connectivity index (χ1v) is 19.4. The maximum Gasteiger partial charge on any atom is 0.236 e. The molecular weight excluding hydrogens is 606 g/mol. The number of amides is 2. The van der Waals surface area contributed by atoms with Gasteiger partial charge in [-0.2, -0.15) is 0 Å². The Kier molecular flexibility index (Phi) is 22.5. The Morgan fingerprint density at radius 3 is 1.49 bits per heavy atom. The maximum absolute atomic E-state index is 14.4. The van der Waals surface area contributed by atoms with E-state index in [4.69, 9.17) is 12.0 Å². The van der Waals surface area contributed by atoms with Crippen LogP contribution in [0.5, 0.6) is 0 Å². The summed E-state index contributed by atoms with van der Waals surface area (Å²) in [5.41, 5.74) is 9.31. The summed E-state index contributed by atoms with van der Waals surface area (Å²) in [6.45, 7) is 19.0. The minimum atomic E-state index is -1.18. The minimum absolute atomic E-state index is 0.108. The van der Waals surface area contributed by atoms with Gasteiger partial charge in [0.2, 0.25) is 11.8 Å². The number of nitrogens with one attached hydrogen (secondary N) is 2. The zero-order chi connectivity index (χ0) is 36.7. The normalized spacial score (nSPS) is 11.9. The number of benzene rings is 1. The molecular formula is C42H71N5O2. The van der Waals surface area contributed by atoms with Gasteiger partial charge >= 0.3 is 0 Å². The lowest BCUT2D eigenvalue weighted by Gasteiger charge is -2.33. The molecule has 0 saturated carbocycles. The molecule has 0 aromatic heterocycles. The molecule has 0 aliphatic carbocycles. The molecule has 0 heterocycles. The van der Waals surface area contributed by atoms with Crippen molar-refractivity contribution in [2.45, 2.75) is 158 Å². The summed E-state index contributed by atoms with van der Waals surface area (Å²) >= 11 is 0. The summed E-state index contributed by atoms with van der Waals surface area (Å²) in [4.78, 5) is 31.3. The molecule has 2 N–H and O–H groups in total. The first-order valence-electron chi connectivity index (χ1n) is 19.4. The number of terminal acetylenes is 1. The van der Waals surface area contributed by atoms with Crippen LogP contribution in [0.1, 0.15) is 156 Å². The van der Waals surface area contributed by atoms with E-state index in [1.54, 1.807) is 0 Å². The van der Waals surface area contributed by atoms with Crippen LogP contribution in [0.3, 0.4) is 0 Å². The number of carbonyl (C=O) groups excluding carboxylic acids is 2. The Morgan fingerprint density at radius 2 is 1.10 bits per heavy atom. The Labute approximate surface area is 300 Å². The van der Waals surface area contributed by atoms with Crippen molar-refractivity contribution in [1.82, 2.24) is 10.6 Å². The van der Waals surface area contributed by atoms with Crippen LogP contribution < -0.4 is 10.6 Å². The summed E-state index contributed by atoms with van der Waals surface area (Å²) < 4.78 is 0. The molecule has 1 rings (SSSR count). The van der Waals surface area contributed by atoms with Crippen molar-refractivity contribution in [3.63, 3.8) is 0 Å². The van der Waals surface area contributed by atoms with Crippen molar-refractivity contribution in [2.75, 3.05) is 6.54 Å². The number of hydrogen-bond donors (Lipinski definition) is 2. The fraction of sp³-hybridized carbons (Fsp3) is 0.762. The Balaban J connectivity index is 3.32. The van der Waals surface area contributed by atoms with Crippen molar-refractivity contribution < 1.29 is 9.59 Å². The van der Waals surface area contributed by atoms with E-state index in [1.807, 2.05) is 24.3 Å². The summed E-state index contributed by atoms with van der Waals surface area (Å²) in [5.74, 6) is 5.94. The molecule has 276 valence electrons. The van der Waals surface area contributed by atoms with E-state index in [0.29, 0.717) is 54.9 Å². The van der Waals surface area contributed by atoms with Crippen molar-refractivity contribution in [3.05, 3.63) is 45.8 Å². The Hall–Kier alpha value is -2.97. The molecule has 49 heavy (non-hydrogen) atoms. The monoisotopic (exact) mass is 678 g/mol. The van der Waals surface area contributed by atoms with E-state index in [9.17, 15) is 9.59 Å². The standard InChI is InChI=1S/C42H71N5O2/c1-10-29-44-40(48)42(27-11-13-36(19-15-32(2)3)20-16-33(4)5,28-12-14-37(21-17-34(6)7)22-18-35(8)9)41(49)45-30-38-23-25-39(26-24-38)31-46-47-43/h1,23-26,32-37H,11-22,27-31H2,2-9H3,(H,44,48)(H,45,49). The lowest BCUT2D eigenvalue weighted by Crippen LogP contribution is -2.51. The van der Waals surface area contributed by atoms with E-state index in [-0.39, 0.29) is 24.9 Å². The molecule has 1 aromatic rings. The summed E-state index contributed by atoms with van der Waals surface area (Å²) in [7, 11) is 0. The van der Waals surface area contributed by atoms with Crippen LogP contribution in [0.15, 0.2) is 29.4 Å². The predicted molar refractivity (Wildman–Crippen MR) is 206 cm³/mol. The van der Waals surface area contributed by atoms with Crippen LogP contribution in [0, 0.1) is 53.3 Å². The topological polar surface area (TPSA) is 107 Å². The zero-order valence-electron chi connectivity index (χ0n) is 32.5. The highest BCUT2D eigenvalue weighted by Crippen LogP contribution is 2.36. The average molecular weight is 678 g/mol. The van der Waals surface area contributed by atoms with Gasteiger partial charge in [-0.15, -0.1) is 6.42 Å². The second-order valence-corrected chi connectivity index (χ2v) is 16.3. The van der Waals surface area contributed by atoms with Gasteiger partial charge in [-0.05, 0) is 65.0 Å². The third-order valence-electron chi connectivity index (χ3n) is 10.1. The molecule has 0 spiro atoms.